The first-order valence-electron chi connectivity index (χ1n) is 4.98. The fraction of sp³-hybridized carbons (Fsp3) is 0.364. The Hall–Kier alpha value is -1.75. The molecule has 0 radical (unpaired) electrons. The van der Waals surface area contributed by atoms with Gasteiger partial charge in [-0.3, -0.25) is 0 Å². The van der Waals surface area contributed by atoms with Gasteiger partial charge in [0.05, 0.1) is 6.61 Å². The number of nitrogens with two attached hydrogens (primary N) is 1. The topological polar surface area (TPSA) is 88.1 Å². The van der Waals surface area contributed by atoms with Crippen molar-refractivity contribution >= 4 is 5.84 Å². The largest absolute Gasteiger partial charge is 0.490 e. The highest BCUT2D eigenvalue weighted by atomic mass is 16.5. The minimum atomic E-state index is -0.170. The predicted octanol–water partition coefficient (Wildman–Crippen LogP) is 1.08. The molecule has 0 amide bonds. The third kappa shape index (κ3) is 3.78. The van der Waals surface area contributed by atoms with Gasteiger partial charge in [0.1, 0.15) is 17.7 Å². The number of ether oxygens (including phenoxy) is 1. The Morgan fingerprint density at radius 1 is 1.44 bits per heavy atom. The van der Waals surface area contributed by atoms with Gasteiger partial charge in [-0.05, 0) is 24.6 Å². The Bertz CT molecular complexity index is 349. The van der Waals surface area contributed by atoms with Crippen LogP contribution < -0.4 is 10.5 Å². The summed E-state index contributed by atoms with van der Waals surface area (Å²) in [6, 6.07) is 7.11. The van der Waals surface area contributed by atoms with Gasteiger partial charge in [-0.1, -0.05) is 17.3 Å². The van der Waals surface area contributed by atoms with Gasteiger partial charge in [-0.15, -0.1) is 0 Å². The standard InChI is InChI=1S/C11H16N2O3/c1-8(6-11(12)13-15)16-10-4-2-9(7-14)3-5-10/h2-5,8,14-15H,6-7H2,1H3,(H2,12,13). The van der Waals surface area contributed by atoms with Gasteiger partial charge in [-0.2, -0.15) is 0 Å². The molecule has 5 heteroatoms. The van der Waals surface area contributed by atoms with Crippen LogP contribution in [0.3, 0.4) is 0 Å². The maximum Gasteiger partial charge on any atom is 0.142 e. The van der Waals surface area contributed by atoms with E-state index in [1.807, 2.05) is 6.92 Å². The van der Waals surface area contributed by atoms with Crippen molar-refractivity contribution in [1.29, 1.82) is 0 Å². The lowest BCUT2D eigenvalue weighted by atomic mass is 10.2. The second kappa shape index (κ2) is 5.97. The third-order valence-corrected chi connectivity index (χ3v) is 2.07. The van der Waals surface area contributed by atoms with E-state index in [1.165, 1.54) is 0 Å². The van der Waals surface area contributed by atoms with Crippen molar-refractivity contribution in [2.24, 2.45) is 10.9 Å². The van der Waals surface area contributed by atoms with E-state index in [-0.39, 0.29) is 18.5 Å². The Morgan fingerprint density at radius 3 is 2.56 bits per heavy atom. The normalized spacial score (nSPS) is 13.5. The molecule has 0 spiro atoms. The molecule has 4 N–H and O–H groups in total. The van der Waals surface area contributed by atoms with E-state index in [1.54, 1.807) is 24.3 Å². The monoisotopic (exact) mass is 224 g/mol. The van der Waals surface area contributed by atoms with Crippen LogP contribution in [0.15, 0.2) is 29.4 Å². The van der Waals surface area contributed by atoms with Crippen molar-refractivity contribution in [3.8, 4) is 5.75 Å². The minimum Gasteiger partial charge on any atom is -0.490 e. The molecule has 1 atom stereocenters. The van der Waals surface area contributed by atoms with Crippen LogP contribution in [0.2, 0.25) is 0 Å². The van der Waals surface area contributed by atoms with Crippen LogP contribution in [0.5, 0.6) is 5.75 Å². The first kappa shape index (κ1) is 12.3. The zero-order valence-electron chi connectivity index (χ0n) is 9.13. The number of hydrogen-bond acceptors (Lipinski definition) is 4. The van der Waals surface area contributed by atoms with Crippen LogP contribution in [0, 0.1) is 0 Å². The molecule has 5 nitrogen and oxygen atoms in total. The van der Waals surface area contributed by atoms with E-state index >= 15 is 0 Å². The zero-order valence-corrected chi connectivity index (χ0v) is 9.13. The van der Waals surface area contributed by atoms with Gasteiger partial charge in [0, 0.05) is 6.42 Å². The van der Waals surface area contributed by atoms with Gasteiger partial charge in [-0.25, -0.2) is 0 Å². The molecule has 1 unspecified atom stereocenters. The maximum atomic E-state index is 8.86. The lowest BCUT2D eigenvalue weighted by molar-refractivity contribution is 0.226. The van der Waals surface area contributed by atoms with Gasteiger partial charge in [0.2, 0.25) is 0 Å². The molecule has 1 aromatic rings. The van der Waals surface area contributed by atoms with E-state index in [2.05, 4.69) is 5.16 Å². The number of amidine groups is 1. The van der Waals surface area contributed by atoms with Crippen LogP contribution >= 0.6 is 0 Å². The van der Waals surface area contributed by atoms with E-state index in [0.717, 1.165) is 5.56 Å². The van der Waals surface area contributed by atoms with Crippen molar-refractivity contribution in [1.82, 2.24) is 0 Å². The average Bonchev–Trinajstić information content (AvgIpc) is 2.29. The summed E-state index contributed by atoms with van der Waals surface area (Å²) in [5.74, 6) is 0.829. The fourth-order valence-electron chi connectivity index (χ4n) is 1.28. The van der Waals surface area contributed by atoms with Crippen LogP contribution in [0.25, 0.3) is 0 Å². The van der Waals surface area contributed by atoms with E-state index < -0.39 is 0 Å². The Balaban J connectivity index is 2.52. The maximum absolute atomic E-state index is 8.86. The summed E-state index contributed by atoms with van der Waals surface area (Å²) in [7, 11) is 0. The summed E-state index contributed by atoms with van der Waals surface area (Å²) < 4.78 is 5.53. The number of aliphatic hydroxyl groups excluding tert-OH is 1. The van der Waals surface area contributed by atoms with Crippen molar-refractivity contribution in [3.05, 3.63) is 29.8 Å². The molecule has 0 saturated heterocycles. The van der Waals surface area contributed by atoms with Crippen LogP contribution in [0.4, 0.5) is 0 Å². The molecule has 0 aliphatic rings. The number of nitrogens with zero attached hydrogens (tertiary/aromatic N) is 1. The number of benzene rings is 1. The van der Waals surface area contributed by atoms with Crippen LogP contribution in [-0.2, 0) is 6.61 Å². The lowest BCUT2D eigenvalue weighted by Crippen LogP contribution is -2.22. The van der Waals surface area contributed by atoms with Gasteiger partial charge < -0.3 is 20.8 Å². The van der Waals surface area contributed by atoms with Crippen LogP contribution in [0.1, 0.15) is 18.9 Å². The summed E-state index contributed by atoms with van der Waals surface area (Å²) in [6.07, 6.45) is 0.189. The van der Waals surface area contributed by atoms with Crippen LogP contribution in [-0.4, -0.2) is 22.3 Å². The minimum absolute atomic E-state index is 0.0138. The summed E-state index contributed by atoms with van der Waals surface area (Å²) >= 11 is 0. The van der Waals surface area contributed by atoms with Crippen molar-refractivity contribution < 1.29 is 15.1 Å². The van der Waals surface area contributed by atoms with E-state index in [4.69, 9.17) is 20.8 Å². The summed E-state index contributed by atoms with van der Waals surface area (Å²) in [4.78, 5) is 0. The molecule has 0 bridgehead atoms. The molecule has 1 rings (SSSR count). The fourth-order valence-corrected chi connectivity index (χ4v) is 1.28. The third-order valence-electron chi connectivity index (χ3n) is 2.07. The molecule has 88 valence electrons. The zero-order chi connectivity index (χ0) is 12.0. The smallest absolute Gasteiger partial charge is 0.142 e. The molecular formula is C11H16N2O3. The second-order valence-electron chi connectivity index (χ2n) is 3.53. The quantitative estimate of drug-likeness (QED) is 0.302. The molecule has 0 aliphatic heterocycles. The summed E-state index contributed by atoms with van der Waals surface area (Å²) in [5.41, 5.74) is 6.19. The number of rotatable bonds is 5. The molecule has 0 saturated carbocycles. The van der Waals surface area contributed by atoms with E-state index in [9.17, 15) is 0 Å². The number of oxime groups is 1. The Labute approximate surface area is 94.1 Å². The van der Waals surface area contributed by atoms with Gasteiger partial charge >= 0.3 is 0 Å². The molecule has 0 heterocycles. The Morgan fingerprint density at radius 2 is 2.06 bits per heavy atom. The summed E-state index contributed by atoms with van der Waals surface area (Å²) in [6.45, 7) is 1.85. The first-order chi connectivity index (χ1) is 7.65. The lowest BCUT2D eigenvalue weighted by Gasteiger charge is -2.13. The SMILES string of the molecule is CC(C/C(N)=N/O)Oc1ccc(CO)cc1. The molecular weight excluding hydrogens is 208 g/mol. The van der Waals surface area contributed by atoms with Gasteiger partial charge in [0.25, 0.3) is 0 Å². The van der Waals surface area contributed by atoms with Crippen molar-refractivity contribution in [2.75, 3.05) is 0 Å². The molecule has 16 heavy (non-hydrogen) atoms. The molecule has 0 aromatic heterocycles. The molecule has 0 fully saturated rings. The predicted molar refractivity (Wildman–Crippen MR) is 60.5 cm³/mol. The van der Waals surface area contributed by atoms with Crippen molar-refractivity contribution in [2.45, 2.75) is 26.1 Å². The van der Waals surface area contributed by atoms with E-state index in [0.29, 0.717) is 12.2 Å². The van der Waals surface area contributed by atoms with Gasteiger partial charge in [0.15, 0.2) is 0 Å². The number of aliphatic hydroxyl groups is 1. The highest BCUT2D eigenvalue weighted by Gasteiger charge is 2.06. The summed E-state index contributed by atoms with van der Waals surface area (Å²) in [5, 5.41) is 20.1. The first-order valence-corrected chi connectivity index (χ1v) is 4.98. The molecule has 1 aromatic carbocycles. The number of hydrogen-bond donors (Lipinski definition) is 3. The second-order valence-corrected chi connectivity index (χ2v) is 3.53. The Kier molecular flexibility index (Phi) is 4.60. The average molecular weight is 224 g/mol. The van der Waals surface area contributed by atoms with Crippen molar-refractivity contribution in [3.63, 3.8) is 0 Å². The highest BCUT2D eigenvalue weighted by Crippen LogP contribution is 2.14. The molecule has 0 aliphatic carbocycles. The highest BCUT2D eigenvalue weighted by molar-refractivity contribution is 5.80.